The van der Waals surface area contributed by atoms with Crippen LogP contribution < -0.4 is 16.4 Å². The van der Waals surface area contributed by atoms with Gasteiger partial charge in [-0.15, -0.1) is 0 Å². The molecule has 74 valence electrons. The summed E-state index contributed by atoms with van der Waals surface area (Å²) in [7, 11) is 0. The van der Waals surface area contributed by atoms with Gasteiger partial charge in [0.2, 0.25) is 5.91 Å². The van der Waals surface area contributed by atoms with Crippen LogP contribution in [-0.2, 0) is 4.79 Å². The van der Waals surface area contributed by atoms with Gasteiger partial charge in [0, 0.05) is 5.69 Å². The van der Waals surface area contributed by atoms with Gasteiger partial charge >= 0.3 is 0 Å². The van der Waals surface area contributed by atoms with Gasteiger partial charge in [-0.25, -0.2) is 0 Å². The van der Waals surface area contributed by atoms with Crippen LogP contribution in [0.3, 0.4) is 0 Å². The van der Waals surface area contributed by atoms with Gasteiger partial charge in [0.25, 0.3) is 0 Å². The Balaban J connectivity index is 2.38. The number of nitrogens with one attached hydrogen (secondary N) is 2. The maximum absolute atomic E-state index is 10.4. The van der Waals surface area contributed by atoms with Gasteiger partial charge in [-0.2, -0.15) is 0 Å². The zero-order chi connectivity index (χ0) is 10.4. The Morgan fingerprint density at radius 3 is 2.57 bits per heavy atom. The average molecular weight is 209 g/mol. The molecular weight excluding hydrogens is 198 g/mol. The Morgan fingerprint density at radius 2 is 2.00 bits per heavy atom. The van der Waals surface area contributed by atoms with E-state index in [2.05, 4.69) is 10.6 Å². The van der Waals surface area contributed by atoms with Crippen LogP contribution in [-0.4, -0.2) is 17.6 Å². The summed E-state index contributed by atoms with van der Waals surface area (Å²) in [5.74, 6) is -0.442. The third kappa shape index (κ3) is 3.86. The number of amides is 1. The van der Waals surface area contributed by atoms with Crippen molar-refractivity contribution in [2.24, 2.45) is 5.73 Å². The topological polar surface area (TPSA) is 67.2 Å². The third-order valence-corrected chi connectivity index (χ3v) is 1.70. The molecule has 4 nitrogen and oxygen atoms in total. The van der Waals surface area contributed by atoms with E-state index in [1.165, 1.54) is 0 Å². The zero-order valence-corrected chi connectivity index (χ0v) is 8.30. The summed E-state index contributed by atoms with van der Waals surface area (Å²) >= 11 is 4.92. The first-order chi connectivity index (χ1) is 6.68. The molecule has 1 amide bonds. The number of thiocarbonyl (C=S) groups is 1. The van der Waals surface area contributed by atoms with Crippen molar-refractivity contribution in [2.75, 3.05) is 11.9 Å². The lowest BCUT2D eigenvalue weighted by atomic mass is 10.3. The number of hydrogen-bond acceptors (Lipinski definition) is 2. The minimum absolute atomic E-state index is 0.0403. The molecule has 1 aromatic carbocycles. The molecule has 0 radical (unpaired) electrons. The molecule has 0 heterocycles. The van der Waals surface area contributed by atoms with Gasteiger partial charge < -0.3 is 16.4 Å². The monoisotopic (exact) mass is 209 g/mol. The first-order valence-electron chi connectivity index (χ1n) is 4.06. The minimum Gasteiger partial charge on any atom is -0.368 e. The number of anilines is 1. The molecule has 1 aromatic rings. The van der Waals surface area contributed by atoms with Crippen LogP contribution in [0.1, 0.15) is 0 Å². The van der Waals surface area contributed by atoms with E-state index in [4.69, 9.17) is 18.0 Å². The van der Waals surface area contributed by atoms with E-state index < -0.39 is 5.91 Å². The van der Waals surface area contributed by atoms with Crippen molar-refractivity contribution in [1.82, 2.24) is 5.32 Å². The molecule has 0 atom stereocenters. The Labute approximate surface area is 87.5 Å². The number of carbonyl (C=O) groups excluding carboxylic acids is 1. The largest absolute Gasteiger partial charge is 0.368 e. The number of benzene rings is 1. The van der Waals surface area contributed by atoms with Crippen molar-refractivity contribution in [1.29, 1.82) is 0 Å². The van der Waals surface area contributed by atoms with Crippen molar-refractivity contribution in [3.05, 3.63) is 30.3 Å². The van der Waals surface area contributed by atoms with Gasteiger partial charge in [-0.1, -0.05) is 18.2 Å². The lowest BCUT2D eigenvalue weighted by Crippen LogP contribution is -2.35. The fourth-order valence-electron chi connectivity index (χ4n) is 0.864. The first-order valence-corrected chi connectivity index (χ1v) is 4.47. The summed E-state index contributed by atoms with van der Waals surface area (Å²) < 4.78 is 0. The van der Waals surface area contributed by atoms with E-state index in [1.54, 1.807) is 0 Å². The van der Waals surface area contributed by atoms with Crippen LogP contribution >= 0.6 is 12.2 Å². The van der Waals surface area contributed by atoms with E-state index >= 15 is 0 Å². The number of primary amides is 1. The van der Waals surface area contributed by atoms with Crippen molar-refractivity contribution < 1.29 is 4.79 Å². The number of carbonyl (C=O) groups is 1. The minimum atomic E-state index is -0.442. The van der Waals surface area contributed by atoms with E-state index in [1.807, 2.05) is 30.3 Å². The molecule has 4 N–H and O–H groups in total. The summed E-state index contributed by atoms with van der Waals surface area (Å²) in [6, 6.07) is 9.43. The summed E-state index contributed by atoms with van der Waals surface area (Å²) in [6.45, 7) is 0.0403. The number of hydrogen-bond donors (Lipinski definition) is 3. The Kier molecular flexibility index (Phi) is 3.87. The Hall–Kier alpha value is -1.62. The molecule has 0 aliphatic heterocycles. The van der Waals surface area contributed by atoms with Crippen molar-refractivity contribution in [2.45, 2.75) is 0 Å². The van der Waals surface area contributed by atoms with Gasteiger partial charge in [-0.05, 0) is 24.4 Å². The van der Waals surface area contributed by atoms with Gasteiger partial charge in [0.05, 0.1) is 6.54 Å². The highest BCUT2D eigenvalue weighted by molar-refractivity contribution is 7.80. The molecule has 14 heavy (non-hydrogen) atoms. The molecule has 0 saturated carbocycles. The maximum atomic E-state index is 10.4. The summed E-state index contributed by atoms with van der Waals surface area (Å²) in [5, 5.41) is 5.97. The highest BCUT2D eigenvalue weighted by Gasteiger charge is 1.97. The van der Waals surface area contributed by atoms with Gasteiger partial charge in [0.1, 0.15) is 0 Å². The normalized spacial score (nSPS) is 9.14. The third-order valence-electron chi connectivity index (χ3n) is 1.45. The number of nitrogens with two attached hydrogens (primary N) is 1. The lowest BCUT2D eigenvalue weighted by Gasteiger charge is -2.08. The molecule has 0 bridgehead atoms. The van der Waals surface area contributed by atoms with E-state index in [0.717, 1.165) is 5.69 Å². The van der Waals surface area contributed by atoms with Crippen LogP contribution in [0.15, 0.2) is 30.3 Å². The van der Waals surface area contributed by atoms with Gasteiger partial charge in [0.15, 0.2) is 5.11 Å². The Bertz CT molecular complexity index is 326. The van der Waals surface area contributed by atoms with E-state index in [-0.39, 0.29) is 6.54 Å². The average Bonchev–Trinajstić information content (AvgIpc) is 2.16. The second-order valence-corrected chi connectivity index (χ2v) is 3.05. The molecule has 0 saturated heterocycles. The molecule has 0 unspecified atom stereocenters. The fraction of sp³-hybridized carbons (Fsp3) is 0.111. The van der Waals surface area contributed by atoms with Crippen LogP contribution in [0, 0.1) is 0 Å². The second-order valence-electron chi connectivity index (χ2n) is 2.64. The summed E-state index contributed by atoms with van der Waals surface area (Å²) in [5.41, 5.74) is 5.82. The van der Waals surface area contributed by atoms with Crippen LogP contribution in [0.4, 0.5) is 5.69 Å². The standard InChI is InChI=1S/C9H11N3OS/c10-8(13)6-11-9(14)12-7-4-2-1-3-5-7/h1-5H,6H2,(H2,10,13)(H2,11,12,14). The van der Waals surface area contributed by atoms with E-state index in [0.29, 0.717) is 5.11 Å². The van der Waals surface area contributed by atoms with Crippen LogP contribution in [0.5, 0.6) is 0 Å². The molecule has 0 aliphatic rings. The van der Waals surface area contributed by atoms with Crippen molar-refractivity contribution >= 4 is 28.9 Å². The summed E-state index contributed by atoms with van der Waals surface area (Å²) in [4.78, 5) is 10.4. The fourth-order valence-corrected chi connectivity index (χ4v) is 1.05. The predicted octanol–water partition coefficient (Wildman–Crippen LogP) is 0.458. The lowest BCUT2D eigenvalue weighted by molar-refractivity contribution is -0.116. The van der Waals surface area contributed by atoms with E-state index in [9.17, 15) is 4.79 Å². The highest BCUT2D eigenvalue weighted by atomic mass is 32.1. The zero-order valence-electron chi connectivity index (χ0n) is 7.49. The number of rotatable bonds is 3. The quantitative estimate of drug-likeness (QED) is 0.633. The second kappa shape index (κ2) is 5.18. The molecule has 0 spiro atoms. The maximum Gasteiger partial charge on any atom is 0.236 e. The molecule has 0 aliphatic carbocycles. The molecular formula is C9H11N3OS. The summed E-state index contributed by atoms with van der Waals surface area (Å²) in [6.07, 6.45) is 0. The molecule has 5 heteroatoms. The van der Waals surface area contributed by atoms with Crippen molar-refractivity contribution in [3.8, 4) is 0 Å². The predicted molar refractivity (Wildman–Crippen MR) is 59.9 cm³/mol. The van der Waals surface area contributed by atoms with Crippen LogP contribution in [0.2, 0.25) is 0 Å². The molecule has 0 aromatic heterocycles. The van der Waals surface area contributed by atoms with Crippen LogP contribution in [0.25, 0.3) is 0 Å². The highest BCUT2D eigenvalue weighted by Crippen LogP contribution is 2.03. The smallest absolute Gasteiger partial charge is 0.236 e. The first kappa shape index (κ1) is 10.5. The molecule has 0 fully saturated rings. The van der Waals surface area contributed by atoms with Gasteiger partial charge in [-0.3, -0.25) is 4.79 Å². The van der Waals surface area contributed by atoms with Crippen molar-refractivity contribution in [3.63, 3.8) is 0 Å². The number of para-hydroxylation sites is 1. The SMILES string of the molecule is NC(=O)CNC(=S)Nc1ccccc1. The Morgan fingerprint density at radius 1 is 1.36 bits per heavy atom. The molecule has 1 rings (SSSR count).